The molecule has 2 aliphatic heterocycles. The number of nitrogens with one attached hydrogen (secondary N) is 3. The minimum absolute atomic E-state index is 0.140. The number of carbonyl (C=O) groups excluding carboxylic acids is 2. The second kappa shape index (κ2) is 16.8. The highest BCUT2D eigenvalue weighted by Gasteiger charge is 2.49. The van der Waals surface area contributed by atoms with Crippen LogP contribution in [0.2, 0.25) is 0 Å². The van der Waals surface area contributed by atoms with Crippen LogP contribution in [0.15, 0.2) is 24.4 Å². The summed E-state index contributed by atoms with van der Waals surface area (Å²) in [5.74, 6) is -0.819. The molecule has 0 aromatic carbocycles. The van der Waals surface area contributed by atoms with Gasteiger partial charge in [-0.15, -0.1) is 0 Å². The molecule has 18 nitrogen and oxygen atoms in total. The number of amides is 2. The fourth-order valence-electron chi connectivity index (χ4n) is 5.01. The average Bonchev–Trinajstić information content (AvgIpc) is 3.00. The maximum atomic E-state index is 12.1. The number of nitrogens with zero attached hydrogens (tertiary/aromatic N) is 1. The molecule has 2 fully saturated rings. The maximum absolute atomic E-state index is 12.1. The molecule has 1 aromatic rings. The van der Waals surface area contributed by atoms with E-state index >= 15 is 0 Å². The molecule has 3 rings (SSSR count). The predicted octanol–water partition coefficient (Wildman–Crippen LogP) is -5.11. The number of pyridine rings is 1. The Morgan fingerprint density at radius 3 is 2.27 bits per heavy atom. The van der Waals surface area contributed by atoms with Crippen molar-refractivity contribution in [2.75, 3.05) is 25.1 Å². The normalized spacial score (nSPS) is 34.6. The van der Waals surface area contributed by atoms with Crippen molar-refractivity contribution in [1.29, 1.82) is 0 Å². The third-order valence-corrected chi connectivity index (χ3v) is 7.47. The molecular formula is C27H44N4O14. The van der Waals surface area contributed by atoms with E-state index in [2.05, 4.69) is 20.9 Å². The fraction of sp³-hybridized carbons (Fsp3) is 0.741. The first-order chi connectivity index (χ1) is 21.2. The molecule has 3 heterocycles. The van der Waals surface area contributed by atoms with Gasteiger partial charge in [0.1, 0.15) is 66.8 Å². The molecule has 0 radical (unpaired) electrons. The maximum Gasteiger partial charge on any atom is 0.217 e. The van der Waals surface area contributed by atoms with Crippen LogP contribution >= 0.6 is 0 Å². The number of ether oxygens (including phenoxy) is 4. The minimum atomic E-state index is -1.81. The van der Waals surface area contributed by atoms with E-state index in [0.29, 0.717) is 5.82 Å². The Morgan fingerprint density at radius 2 is 1.67 bits per heavy atom. The monoisotopic (exact) mass is 648 g/mol. The first-order valence-electron chi connectivity index (χ1n) is 14.4. The third-order valence-electron chi connectivity index (χ3n) is 7.47. The minimum Gasteiger partial charge on any atom is -0.394 e. The van der Waals surface area contributed by atoms with Crippen molar-refractivity contribution in [3.05, 3.63) is 24.4 Å². The van der Waals surface area contributed by atoms with Gasteiger partial charge in [-0.1, -0.05) is 6.07 Å². The van der Waals surface area contributed by atoms with Gasteiger partial charge in [0.25, 0.3) is 0 Å². The largest absolute Gasteiger partial charge is 0.394 e. The second-order valence-electron chi connectivity index (χ2n) is 11.0. The Kier molecular flexibility index (Phi) is 13.8. The number of aromatic nitrogens is 1. The topological polar surface area (TPSA) is 282 Å². The number of carbonyl (C=O) groups is 2. The van der Waals surface area contributed by atoms with Crippen LogP contribution in [0, 0.1) is 0 Å². The van der Waals surface area contributed by atoms with Crippen LogP contribution in [-0.4, -0.2) is 163 Å². The van der Waals surface area contributed by atoms with Crippen LogP contribution in [0.5, 0.6) is 0 Å². The first-order valence-corrected chi connectivity index (χ1v) is 14.4. The molecule has 14 atom stereocenters. The van der Waals surface area contributed by atoms with Crippen molar-refractivity contribution in [1.82, 2.24) is 15.6 Å². The van der Waals surface area contributed by atoms with Crippen LogP contribution in [-0.2, 0) is 28.5 Å². The standard InChI is InChI=1S/C27H44N4O14/c1-11-19(36)23(40)24(41)27(43-11)42-10-15(35)25(20(37)14(30-12(2)33)8-29-17-6-4-5-7-28-17)45-26-18(31-13(3)34)22(39)21(38)16(9-32)44-26/h4-7,11,14-16,18-27,32,35-41H,8-10H2,1-3H3,(H,28,29)(H,30,33)(H,31,34)/t11-,14-,15+,16+,18+,19+,20+,21+,22+,23+,24-,25+,26-,27+/m0/s1. The number of hydrogen-bond acceptors (Lipinski definition) is 16. The van der Waals surface area contributed by atoms with Gasteiger partial charge in [-0.3, -0.25) is 9.59 Å². The summed E-state index contributed by atoms with van der Waals surface area (Å²) in [6, 6.07) is 2.38. The predicted molar refractivity (Wildman–Crippen MR) is 151 cm³/mol. The average molecular weight is 649 g/mol. The van der Waals surface area contributed by atoms with Crippen molar-refractivity contribution < 1.29 is 69.4 Å². The Morgan fingerprint density at radius 1 is 0.956 bits per heavy atom. The zero-order chi connectivity index (χ0) is 33.4. The van der Waals surface area contributed by atoms with Crippen molar-refractivity contribution in [3.63, 3.8) is 0 Å². The molecule has 0 bridgehead atoms. The van der Waals surface area contributed by atoms with E-state index in [-0.39, 0.29) is 6.54 Å². The van der Waals surface area contributed by atoms with E-state index < -0.39 is 111 Å². The summed E-state index contributed by atoms with van der Waals surface area (Å²) in [5, 5.41) is 91.9. The number of hydrogen-bond donors (Lipinski definition) is 11. The fourth-order valence-corrected chi connectivity index (χ4v) is 5.01. The molecule has 2 amide bonds. The van der Waals surface area contributed by atoms with E-state index in [1.54, 1.807) is 18.2 Å². The lowest BCUT2D eigenvalue weighted by atomic mass is 9.96. The summed E-state index contributed by atoms with van der Waals surface area (Å²) in [7, 11) is 0. The zero-order valence-corrected chi connectivity index (χ0v) is 25.0. The Hall–Kier alpha value is -2.59. The van der Waals surface area contributed by atoms with Crippen LogP contribution in [0.3, 0.4) is 0 Å². The van der Waals surface area contributed by atoms with Crippen molar-refractivity contribution in [3.8, 4) is 0 Å². The summed E-state index contributed by atoms with van der Waals surface area (Å²) >= 11 is 0. The smallest absolute Gasteiger partial charge is 0.217 e. The van der Waals surface area contributed by atoms with Gasteiger partial charge in [0.2, 0.25) is 11.8 Å². The molecule has 1 aromatic heterocycles. The van der Waals surface area contributed by atoms with E-state index in [0.717, 1.165) is 6.92 Å². The lowest BCUT2D eigenvalue weighted by Gasteiger charge is -2.45. The number of rotatable bonds is 14. The quantitative estimate of drug-likeness (QED) is 0.0900. The Labute approximate surface area is 258 Å². The van der Waals surface area contributed by atoms with Gasteiger partial charge >= 0.3 is 0 Å². The lowest BCUT2D eigenvalue weighted by molar-refractivity contribution is -0.313. The van der Waals surface area contributed by atoms with Crippen molar-refractivity contribution >= 4 is 17.6 Å². The second-order valence-corrected chi connectivity index (χ2v) is 11.0. The summed E-state index contributed by atoms with van der Waals surface area (Å²) in [4.78, 5) is 28.1. The molecule has 0 unspecified atom stereocenters. The summed E-state index contributed by atoms with van der Waals surface area (Å²) in [6.45, 7) is 2.12. The molecule has 2 aliphatic rings. The molecule has 0 spiro atoms. The Balaban J connectivity index is 1.89. The third kappa shape index (κ3) is 9.70. The number of aliphatic hydroxyl groups is 8. The molecule has 11 N–H and O–H groups in total. The zero-order valence-electron chi connectivity index (χ0n) is 25.0. The van der Waals surface area contributed by atoms with Crippen LogP contribution in [0.4, 0.5) is 5.82 Å². The van der Waals surface area contributed by atoms with Crippen molar-refractivity contribution in [2.24, 2.45) is 0 Å². The van der Waals surface area contributed by atoms with Crippen LogP contribution in [0.1, 0.15) is 20.8 Å². The highest BCUT2D eigenvalue weighted by atomic mass is 16.7. The molecule has 0 saturated carbocycles. The van der Waals surface area contributed by atoms with Gasteiger partial charge in [-0.2, -0.15) is 0 Å². The van der Waals surface area contributed by atoms with Crippen molar-refractivity contribution in [2.45, 2.75) is 106 Å². The highest BCUT2D eigenvalue weighted by Crippen LogP contribution is 2.27. The molecule has 2 saturated heterocycles. The van der Waals surface area contributed by atoms with E-state index in [9.17, 15) is 50.4 Å². The van der Waals surface area contributed by atoms with Gasteiger partial charge in [-0.25, -0.2) is 4.98 Å². The SMILES string of the molecule is CC(=O)N[C@H]1[C@H](O[C@@H]([C@H](O)[C@H](CNc2ccccn2)NC(C)=O)[C@H](O)CO[C@@H]2O[C@@H](C)[C@@H](O)[C@@H](O)[C@@H]2O)O[C@H](CO)[C@@H](O)[C@@H]1O. The van der Waals surface area contributed by atoms with E-state index in [1.807, 2.05) is 0 Å². The molecule has 256 valence electrons. The van der Waals surface area contributed by atoms with Gasteiger partial charge in [0.05, 0.1) is 25.4 Å². The van der Waals surface area contributed by atoms with E-state index in [4.69, 9.17) is 18.9 Å². The number of anilines is 1. The van der Waals surface area contributed by atoms with Gasteiger partial charge in [-0.05, 0) is 19.1 Å². The van der Waals surface area contributed by atoms with Gasteiger partial charge in [0.15, 0.2) is 12.6 Å². The summed E-state index contributed by atoms with van der Waals surface area (Å²) < 4.78 is 22.4. The van der Waals surface area contributed by atoms with Gasteiger partial charge in [0, 0.05) is 26.6 Å². The number of aliphatic hydroxyl groups excluding tert-OH is 8. The molecule has 0 aliphatic carbocycles. The molecular weight excluding hydrogens is 604 g/mol. The highest BCUT2D eigenvalue weighted by molar-refractivity contribution is 5.73. The molecule has 18 heteroatoms. The summed E-state index contributed by atoms with van der Waals surface area (Å²) in [6.07, 6.45) is -17.5. The van der Waals surface area contributed by atoms with Crippen LogP contribution < -0.4 is 16.0 Å². The van der Waals surface area contributed by atoms with Gasteiger partial charge < -0.3 is 75.8 Å². The summed E-state index contributed by atoms with van der Waals surface area (Å²) in [5.41, 5.74) is 0. The van der Waals surface area contributed by atoms with Crippen LogP contribution in [0.25, 0.3) is 0 Å². The van der Waals surface area contributed by atoms with E-state index in [1.165, 1.54) is 20.0 Å². The first kappa shape index (κ1) is 36.9. The lowest BCUT2D eigenvalue weighted by Crippen LogP contribution is -2.66. The molecule has 45 heavy (non-hydrogen) atoms. The Bertz CT molecular complexity index is 1080.